The van der Waals surface area contributed by atoms with Gasteiger partial charge in [0.25, 0.3) is 0 Å². The lowest BCUT2D eigenvalue weighted by Crippen LogP contribution is -2.39. The van der Waals surface area contributed by atoms with Crippen LogP contribution in [0.4, 0.5) is 23.5 Å². The molecular formula is C24H24ClF4N7O4S. The molecule has 1 aliphatic rings. The first-order chi connectivity index (χ1) is 19.3. The van der Waals surface area contributed by atoms with E-state index >= 15 is 0 Å². The van der Waals surface area contributed by atoms with Gasteiger partial charge in [-0.3, -0.25) is 13.7 Å². The summed E-state index contributed by atoms with van der Waals surface area (Å²) in [6, 6.07) is 11.7. The third kappa shape index (κ3) is 6.25. The fourth-order valence-electron chi connectivity index (χ4n) is 4.26. The van der Waals surface area contributed by atoms with Crippen LogP contribution in [0.25, 0.3) is 17.1 Å². The Morgan fingerprint density at radius 1 is 1.02 bits per heavy atom. The Morgan fingerprint density at radius 2 is 1.68 bits per heavy atom. The molecule has 220 valence electrons. The zero-order chi connectivity index (χ0) is 29.5. The van der Waals surface area contributed by atoms with Gasteiger partial charge in [0.15, 0.2) is 17.8 Å². The van der Waals surface area contributed by atoms with Crippen molar-refractivity contribution in [1.29, 1.82) is 0 Å². The van der Waals surface area contributed by atoms with Crippen LogP contribution in [0.2, 0.25) is 5.02 Å². The van der Waals surface area contributed by atoms with Crippen LogP contribution in [0.1, 0.15) is 5.82 Å². The molecule has 3 N–H and O–H groups in total. The van der Waals surface area contributed by atoms with E-state index in [2.05, 4.69) is 15.2 Å². The second-order valence-electron chi connectivity index (χ2n) is 9.33. The van der Waals surface area contributed by atoms with E-state index in [0.717, 1.165) is 4.68 Å². The number of hydrogen-bond donors (Lipinski definition) is 3. The molecule has 1 atom stereocenters. The lowest BCUT2D eigenvalue weighted by atomic mass is 10.2. The van der Waals surface area contributed by atoms with E-state index in [1.165, 1.54) is 47.1 Å². The maximum atomic E-state index is 14.8. The molecule has 1 aliphatic heterocycles. The summed E-state index contributed by atoms with van der Waals surface area (Å²) in [5, 5.41) is 18.6. The van der Waals surface area contributed by atoms with Gasteiger partial charge in [-0.1, -0.05) is 23.7 Å². The lowest BCUT2D eigenvalue weighted by molar-refractivity contribution is -0.207. The van der Waals surface area contributed by atoms with Crippen molar-refractivity contribution in [3.8, 4) is 17.1 Å². The standard InChI is InChI=1S/C24H24ClF4N7O4S/c25-16-7-5-15(6-8-16)21-32-35(23(38)34(21)13-19(37)24(27,28)29)14-20-30-22(33-9-11-41(39,40)12-10-33)36(31-20)18-4-2-1-3-17(18)26/h1-8,19,37,39-40H,9-14H2/t19-/m0/s1. The van der Waals surface area contributed by atoms with Crippen LogP contribution in [0, 0.1) is 5.82 Å². The zero-order valence-corrected chi connectivity index (χ0v) is 22.7. The van der Waals surface area contributed by atoms with Crippen molar-refractivity contribution in [1.82, 2.24) is 29.1 Å². The summed E-state index contributed by atoms with van der Waals surface area (Å²) in [7, 11) is -2.75. The van der Waals surface area contributed by atoms with Gasteiger partial charge in [0.1, 0.15) is 18.0 Å². The normalized spacial score (nSPS) is 17.0. The molecule has 3 heterocycles. The molecule has 2 aromatic carbocycles. The van der Waals surface area contributed by atoms with Crippen LogP contribution >= 0.6 is 22.2 Å². The van der Waals surface area contributed by atoms with Gasteiger partial charge in [-0.2, -0.15) is 33.4 Å². The number of nitrogens with zero attached hydrogens (tertiary/aromatic N) is 7. The second-order valence-corrected chi connectivity index (χ2v) is 12.2. The molecule has 1 fully saturated rings. The first kappa shape index (κ1) is 29.1. The smallest absolute Gasteiger partial charge is 0.382 e. The predicted octanol–water partition coefficient (Wildman–Crippen LogP) is 3.63. The molecule has 1 saturated heterocycles. The highest BCUT2D eigenvalue weighted by atomic mass is 35.5. The summed E-state index contributed by atoms with van der Waals surface area (Å²) in [5.41, 5.74) is -0.641. The van der Waals surface area contributed by atoms with Crippen molar-refractivity contribution in [2.24, 2.45) is 0 Å². The number of para-hydroxylation sites is 1. The largest absolute Gasteiger partial charge is 0.416 e. The van der Waals surface area contributed by atoms with Gasteiger partial charge >= 0.3 is 11.9 Å². The molecule has 41 heavy (non-hydrogen) atoms. The van der Waals surface area contributed by atoms with Gasteiger partial charge in [0, 0.05) is 23.7 Å². The van der Waals surface area contributed by atoms with Crippen molar-refractivity contribution >= 4 is 28.1 Å². The highest BCUT2D eigenvalue weighted by Gasteiger charge is 2.39. The Hall–Kier alpha value is -3.44. The maximum absolute atomic E-state index is 14.8. The Morgan fingerprint density at radius 3 is 2.32 bits per heavy atom. The fourth-order valence-corrected chi connectivity index (χ4v) is 5.62. The number of hydrogen-bond acceptors (Lipinski definition) is 8. The average Bonchev–Trinajstić information content (AvgIpc) is 3.46. The maximum Gasteiger partial charge on any atom is 0.416 e. The van der Waals surface area contributed by atoms with Gasteiger partial charge in [-0.25, -0.2) is 13.9 Å². The number of anilines is 1. The van der Waals surface area contributed by atoms with Crippen LogP contribution in [0.15, 0.2) is 53.3 Å². The molecule has 0 unspecified atom stereocenters. The highest BCUT2D eigenvalue weighted by Crippen LogP contribution is 2.41. The molecule has 17 heteroatoms. The van der Waals surface area contributed by atoms with E-state index in [-0.39, 0.29) is 53.4 Å². The predicted molar refractivity (Wildman–Crippen MR) is 144 cm³/mol. The molecule has 0 amide bonds. The van der Waals surface area contributed by atoms with E-state index in [1.807, 2.05) is 0 Å². The molecule has 2 aromatic heterocycles. The number of aliphatic hydroxyl groups excluding tert-OH is 1. The van der Waals surface area contributed by atoms with E-state index in [0.29, 0.717) is 9.59 Å². The van der Waals surface area contributed by atoms with Gasteiger partial charge in [0.2, 0.25) is 5.95 Å². The molecule has 11 nitrogen and oxygen atoms in total. The monoisotopic (exact) mass is 617 g/mol. The number of rotatable bonds is 7. The molecule has 0 spiro atoms. The number of halogens is 5. The summed E-state index contributed by atoms with van der Waals surface area (Å²) in [6.07, 6.45) is -7.81. The summed E-state index contributed by atoms with van der Waals surface area (Å²) in [4.78, 5) is 19.4. The van der Waals surface area contributed by atoms with Crippen LogP contribution in [-0.2, 0) is 13.1 Å². The first-order valence-corrected chi connectivity index (χ1v) is 14.5. The van der Waals surface area contributed by atoms with E-state index < -0.39 is 47.5 Å². The third-order valence-electron chi connectivity index (χ3n) is 6.42. The minimum Gasteiger partial charge on any atom is -0.382 e. The summed E-state index contributed by atoms with van der Waals surface area (Å²) >= 11 is 5.93. The van der Waals surface area contributed by atoms with E-state index in [1.54, 1.807) is 11.0 Å². The van der Waals surface area contributed by atoms with Crippen molar-refractivity contribution in [2.45, 2.75) is 25.4 Å². The minimum absolute atomic E-state index is 0.00814. The molecule has 4 aromatic rings. The summed E-state index contributed by atoms with van der Waals surface area (Å²) in [5.74, 6) is -0.446. The van der Waals surface area contributed by atoms with Crippen LogP contribution in [0.5, 0.6) is 0 Å². The number of benzene rings is 2. The Bertz CT molecular complexity index is 1600. The minimum atomic E-state index is -4.98. The molecule has 0 saturated carbocycles. The second kappa shape index (κ2) is 11.1. The average molecular weight is 618 g/mol. The van der Waals surface area contributed by atoms with Crippen molar-refractivity contribution in [2.75, 3.05) is 29.5 Å². The van der Waals surface area contributed by atoms with Gasteiger partial charge in [-0.05, 0) is 36.4 Å². The van der Waals surface area contributed by atoms with Gasteiger partial charge in [-0.15, -0.1) is 10.2 Å². The number of aliphatic hydroxyl groups is 1. The lowest BCUT2D eigenvalue weighted by Gasteiger charge is -2.41. The third-order valence-corrected chi connectivity index (χ3v) is 8.35. The molecule has 0 radical (unpaired) electrons. The Balaban J connectivity index is 1.55. The van der Waals surface area contributed by atoms with E-state index in [4.69, 9.17) is 11.6 Å². The van der Waals surface area contributed by atoms with Crippen LogP contribution < -0.4 is 10.6 Å². The van der Waals surface area contributed by atoms with Crippen LogP contribution in [0.3, 0.4) is 0 Å². The quantitative estimate of drug-likeness (QED) is 0.268. The molecule has 0 aliphatic carbocycles. The molecule has 5 rings (SSSR count). The van der Waals surface area contributed by atoms with Crippen molar-refractivity contribution in [3.63, 3.8) is 0 Å². The Labute approximate surface area is 236 Å². The number of aromatic nitrogens is 6. The van der Waals surface area contributed by atoms with E-state index in [9.17, 15) is 36.6 Å². The fraction of sp³-hybridized carbons (Fsp3) is 0.333. The molecule has 0 bridgehead atoms. The number of alkyl halides is 3. The van der Waals surface area contributed by atoms with Crippen LogP contribution in [-0.4, -0.2) is 80.2 Å². The Kier molecular flexibility index (Phi) is 7.86. The highest BCUT2D eigenvalue weighted by molar-refractivity contribution is 8.24. The SMILES string of the molecule is O=c1n(Cc2nc(N3CCS(O)(O)CC3)n(-c3ccccc3F)n2)nc(-c2ccc(Cl)cc2)n1C[C@H](O)C(F)(F)F. The van der Waals surface area contributed by atoms with Crippen molar-refractivity contribution in [3.05, 3.63) is 75.7 Å². The summed E-state index contributed by atoms with van der Waals surface area (Å²) in [6.45, 7) is -1.12. The first-order valence-electron chi connectivity index (χ1n) is 12.2. The zero-order valence-electron chi connectivity index (χ0n) is 21.1. The van der Waals surface area contributed by atoms with Crippen molar-refractivity contribution < 1.29 is 31.8 Å². The summed E-state index contributed by atoms with van der Waals surface area (Å²) < 4.78 is 77.1. The molecular weight excluding hydrogens is 594 g/mol. The van der Waals surface area contributed by atoms with Gasteiger partial charge in [0.05, 0.1) is 18.1 Å². The van der Waals surface area contributed by atoms with Gasteiger partial charge < -0.3 is 10.0 Å². The topological polar surface area (TPSA) is 134 Å².